The zero-order valence-corrected chi connectivity index (χ0v) is 16.9. The molecule has 5 atom stereocenters. The van der Waals surface area contributed by atoms with Gasteiger partial charge in [0.05, 0.1) is 25.0 Å². The predicted molar refractivity (Wildman–Crippen MR) is 100 cm³/mol. The van der Waals surface area contributed by atoms with Crippen molar-refractivity contribution in [1.82, 2.24) is 0 Å². The lowest BCUT2D eigenvalue weighted by Gasteiger charge is -2.60. The molecule has 4 aliphatic rings. The highest BCUT2D eigenvalue weighted by molar-refractivity contribution is 5.61. The number of aliphatic hydroxyl groups is 1. The van der Waals surface area contributed by atoms with E-state index >= 15 is 0 Å². The molecular formula is C22H26BrNO3. The van der Waals surface area contributed by atoms with Gasteiger partial charge in [-0.1, -0.05) is 31.4 Å². The van der Waals surface area contributed by atoms with Crippen molar-refractivity contribution in [2.75, 3.05) is 19.6 Å². The van der Waals surface area contributed by atoms with Gasteiger partial charge in [-0.15, -0.1) is 0 Å². The molecule has 2 bridgehead atoms. The van der Waals surface area contributed by atoms with Crippen molar-refractivity contribution in [3.05, 3.63) is 60.7 Å². The topological polar surface area (TPSA) is 49.7 Å². The average Bonchev–Trinajstić information content (AvgIpc) is 2.98. The molecule has 2 N–H and O–H groups in total. The Morgan fingerprint density at radius 3 is 2.67 bits per heavy atom. The number of phenolic OH excluding ortho intramolecular Hbond substituents is 1. The first kappa shape index (κ1) is 18.8. The van der Waals surface area contributed by atoms with Gasteiger partial charge < -0.3 is 36.4 Å². The van der Waals surface area contributed by atoms with Crippen LogP contribution in [0.3, 0.4) is 0 Å². The standard InChI is InChI=1S/C22H25NO3.BrH/c1-3-10-23(11-4-2)12-9-22-15-6-8-18(25)21(22)26-20-17(24)7-5-14(19(20)22)13-16(15)23;/h3-8,15-16,18,21,25H,1-2,9-13H2;1H/t15-,16+,18-,21-,22-;/m0./s1. The molecule has 1 fully saturated rings. The summed E-state index contributed by atoms with van der Waals surface area (Å²) >= 11 is 0. The number of phenols is 1. The molecular weight excluding hydrogens is 406 g/mol. The Hall–Kier alpha value is -1.56. The van der Waals surface area contributed by atoms with Gasteiger partial charge in [-0.3, -0.25) is 0 Å². The Labute approximate surface area is 170 Å². The SMILES string of the molecule is C=CC[N+]1(CC=C)CC[C@]23c4c5ccc(O)c4O[C@H]2[C@@H](O)C=C[C@H]3[C@H]1C5.[Br-]. The number of quaternary nitrogens is 1. The zero-order valence-electron chi connectivity index (χ0n) is 15.4. The van der Waals surface area contributed by atoms with Gasteiger partial charge >= 0.3 is 0 Å². The molecule has 1 aromatic carbocycles. The van der Waals surface area contributed by atoms with Gasteiger partial charge in [-0.05, 0) is 23.8 Å². The van der Waals surface area contributed by atoms with Crippen molar-refractivity contribution >= 4 is 0 Å². The van der Waals surface area contributed by atoms with Crippen molar-refractivity contribution < 1.29 is 36.4 Å². The molecule has 1 aromatic rings. The van der Waals surface area contributed by atoms with Gasteiger partial charge in [-0.25, -0.2) is 0 Å². The fourth-order valence-corrected chi connectivity index (χ4v) is 6.43. The third-order valence-electron chi connectivity index (χ3n) is 7.37. The van der Waals surface area contributed by atoms with E-state index in [-0.39, 0.29) is 34.2 Å². The van der Waals surface area contributed by atoms with Crippen LogP contribution in [0.4, 0.5) is 0 Å². The summed E-state index contributed by atoms with van der Waals surface area (Å²) in [7, 11) is 0. The van der Waals surface area contributed by atoms with Crippen LogP contribution in [0.25, 0.3) is 0 Å². The van der Waals surface area contributed by atoms with E-state index in [1.54, 1.807) is 6.07 Å². The maximum Gasteiger partial charge on any atom is 0.165 e. The summed E-state index contributed by atoms with van der Waals surface area (Å²) in [5, 5.41) is 21.1. The Morgan fingerprint density at radius 1 is 1.22 bits per heavy atom. The van der Waals surface area contributed by atoms with Crippen LogP contribution < -0.4 is 21.7 Å². The van der Waals surface area contributed by atoms with Crippen molar-refractivity contribution in [3.8, 4) is 11.5 Å². The Kier molecular flexibility index (Phi) is 4.33. The highest BCUT2D eigenvalue weighted by atomic mass is 79.9. The van der Waals surface area contributed by atoms with Crippen molar-refractivity contribution in [3.63, 3.8) is 0 Å². The van der Waals surface area contributed by atoms with Crippen LogP contribution in [-0.2, 0) is 11.8 Å². The molecule has 27 heavy (non-hydrogen) atoms. The second-order valence-electron chi connectivity index (χ2n) is 8.33. The van der Waals surface area contributed by atoms with Crippen LogP contribution in [0.1, 0.15) is 17.5 Å². The van der Waals surface area contributed by atoms with Crippen molar-refractivity contribution in [2.24, 2.45) is 5.92 Å². The van der Waals surface area contributed by atoms with E-state index in [1.165, 1.54) is 5.56 Å². The summed E-state index contributed by atoms with van der Waals surface area (Å²) in [6, 6.07) is 4.20. The van der Waals surface area contributed by atoms with E-state index in [0.29, 0.717) is 17.7 Å². The van der Waals surface area contributed by atoms with E-state index < -0.39 is 6.10 Å². The quantitative estimate of drug-likeness (QED) is 0.497. The molecule has 0 aromatic heterocycles. The number of aromatic hydroxyl groups is 1. The normalized spacial score (nSPS) is 36.2. The minimum Gasteiger partial charge on any atom is -1.00 e. The summed E-state index contributed by atoms with van der Waals surface area (Å²) in [5.74, 6) is 1.09. The minimum atomic E-state index is -0.636. The number of ether oxygens (including phenoxy) is 1. The van der Waals surface area contributed by atoms with Crippen LogP contribution >= 0.6 is 0 Å². The van der Waals surface area contributed by atoms with E-state index in [9.17, 15) is 10.2 Å². The molecule has 2 aliphatic heterocycles. The molecule has 1 spiro atoms. The van der Waals surface area contributed by atoms with Crippen LogP contribution in [-0.4, -0.2) is 52.6 Å². The maximum atomic E-state index is 10.7. The summed E-state index contributed by atoms with van der Waals surface area (Å²) in [6.45, 7) is 10.9. The third kappa shape index (κ3) is 2.16. The van der Waals surface area contributed by atoms with Crippen molar-refractivity contribution in [1.29, 1.82) is 0 Å². The fraction of sp³-hybridized carbons (Fsp3) is 0.455. The number of hydrogen-bond donors (Lipinski definition) is 2. The smallest absolute Gasteiger partial charge is 0.165 e. The van der Waals surface area contributed by atoms with Gasteiger partial charge in [0.15, 0.2) is 11.5 Å². The molecule has 5 rings (SSSR count). The number of rotatable bonds is 4. The maximum absolute atomic E-state index is 10.7. The van der Waals surface area contributed by atoms with Crippen LogP contribution in [0, 0.1) is 5.92 Å². The Balaban J connectivity index is 0.00000180. The first-order chi connectivity index (χ1) is 12.6. The molecule has 1 saturated heterocycles. The number of halogens is 1. The molecule has 2 heterocycles. The highest BCUT2D eigenvalue weighted by Gasteiger charge is 2.68. The predicted octanol–water partition coefficient (Wildman–Crippen LogP) is -0.541. The first-order valence-corrected chi connectivity index (χ1v) is 9.53. The van der Waals surface area contributed by atoms with Crippen LogP contribution in [0.15, 0.2) is 49.6 Å². The number of benzene rings is 1. The Bertz CT molecular complexity index is 825. The van der Waals surface area contributed by atoms with Crippen LogP contribution in [0.2, 0.25) is 0 Å². The monoisotopic (exact) mass is 431 g/mol. The zero-order chi connectivity index (χ0) is 18.1. The van der Waals surface area contributed by atoms with E-state index in [4.69, 9.17) is 4.74 Å². The lowest BCUT2D eigenvalue weighted by atomic mass is 9.52. The number of likely N-dealkylation sites (tertiary alicyclic amines) is 1. The lowest BCUT2D eigenvalue weighted by Crippen LogP contribution is -3.00. The minimum absolute atomic E-state index is 0. The largest absolute Gasteiger partial charge is 1.00 e. The molecule has 0 unspecified atom stereocenters. The number of hydrogen-bond acceptors (Lipinski definition) is 3. The lowest BCUT2D eigenvalue weighted by molar-refractivity contribution is -0.951. The van der Waals surface area contributed by atoms with E-state index in [0.717, 1.165) is 42.5 Å². The van der Waals surface area contributed by atoms with Crippen LogP contribution in [0.5, 0.6) is 11.5 Å². The summed E-state index contributed by atoms with van der Waals surface area (Å²) < 4.78 is 7.17. The first-order valence-electron chi connectivity index (χ1n) is 9.53. The van der Waals surface area contributed by atoms with E-state index in [1.807, 2.05) is 18.2 Å². The fourth-order valence-electron chi connectivity index (χ4n) is 6.43. The second kappa shape index (κ2) is 6.23. The highest BCUT2D eigenvalue weighted by Crippen LogP contribution is 2.63. The second-order valence-corrected chi connectivity index (χ2v) is 8.33. The van der Waals surface area contributed by atoms with E-state index in [2.05, 4.69) is 25.3 Å². The number of aliphatic hydroxyl groups excluding tert-OH is 1. The molecule has 0 amide bonds. The molecule has 0 saturated carbocycles. The third-order valence-corrected chi connectivity index (χ3v) is 7.37. The Morgan fingerprint density at radius 2 is 1.96 bits per heavy atom. The number of nitrogens with zero attached hydrogens (tertiary/aromatic N) is 1. The molecule has 2 aliphatic carbocycles. The van der Waals surface area contributed by atoms with Gasteiger partial charge in [0.25, 0.3) is 0 Å². The molecule has 5 heteroatoms. The van der Waals surface area contributed by atoms with Crippen molar-refractivity contribution in [2.45, 2.75) is 36.5 Å². The van der Waals surface area contributed by atoms with Gasteiger partial charge in [0.1, 0.15) is 18.2 Å². The van der Waals surface area contributed by atoms with Gasteiger partial charge in [0, 0.05) is 24.3 Å². The van der Waals surface area contributed by atoms with Gasteiger partial charge in [0.2, 0.25) is 0 Å². The summed E-state index contributed by atoms with van der Waals surface area (Å²) in [5.41, 5.74) is 2.19. The number of piperidine rings is 1. The van der Waals surface area contributed by atoms with Gasteiger partial charge in [-0.2, -0.15) is 0 Å². The summed E-state index contributed by atoms with van der Waals surface area (Å²) in [6.07, 6.45) is 9.12. The average molecular weight is 432 g/mol. The molecule has 144 valence electrons. The molecule has 0 radical (unpaired) electrons. The molecule has 4 nitrogen and oxygen atoms in total. The summed E-state index contributed by atoms with van der Waals surface area (Å²) in [4.78, 5) is 0.